The normalized spacial score (nSPS) is 31.2. The summed E-state index contributed by atoms with van der Waals surface area (Å²) in [6.07, 6.45) is 8.05. The van der Waals surface area contributed by atoms with Gasteiger partial charge in [-0.1, -0.05) is 27.2 Å². The van der Waals surface area contributed by atoms with Crippen LogP contribution in [0.15, 0.2) is 0 Å². The minimum atomic E-state index is -0.106. The molecule has 2 atom stereocenters. The number of nitrogens with zero attached hydrogens (tertiary/aromatic N) is 1. The number of likely N-dealkylation sites (tertiary alicyclic amines) is 1. The molecule has 2 aliphatic rings. The smallest absolute Gasteiger partial charge is 0.230 e. The molecule has 2 rings (SSSR count). The Balaban J connectivity index is 2.03. The fraction of sp³-hybridized carbons (Fsp3) is 0.944. The lowest BCUT2D eigenvalue weighted by Crippen LogP contribution is -2.52. The summed E-state index contributed by atoms with van der Waals surface area (Å²) in [7, 11) is 0. The maximum atomic E-state index is 13.2. The van der Waals surface area contributed by atoms with Gasteiger partial charge in [0.2, 0.25) is 5.91 Å². The van der Waals surface area contributed by atoms with Gasteiger partial charge in [-0.15, -0.1) is 0 Å². The fourth-order valence-corrected chi connectivity index (χ4v) is 4.28. The van der Waals surface area contributed by atoms with Crippen molar-refractivity contribution in [2.24, 2.45) is 17.3 Å². The van der Waals surface area contributed by atoms with E-state index in [0.717, 1.165) is 63.7 Å². The van der Waals surface area contributed by atoms with E-state index in [-0.39, 0.29) is 5.41 Å². The molecule has 0 bridgehead atoms. The van der Waals surface area contributed by atoms with Gasteiger partial charge in [-0.25, -0.2) is 0 Å². The highest BCUT2D eigenvalue weighted by Gasteiger charge is 2.41. The standard InChI is InChI=1S/C18H34N2O/c1-4-9-18(10-6-11-19-14-18)17(21)20-12-5-7-16(8-13-20)15(2)3/h15-16,19H,4-14H2,1-3H3. The molecule has 0 radical (unpaired) electrons. The zero-order valence-electron chi connectivity index (χ0n) is 14.3. The van der Waals surface area contributed by atoms with Gasteiger partial charge in [0, 0.05) is 19.6 Å². The van der Waals surface area contributed by atoms with E-state index in [0.29, 0.717) is 5.91 Å². The Morgan fingerprint density at radius 2 is 2.10 bits per heavy atom. The molecule has 122 valence electrons. The lowest BCUT2D eigenvalue weighted by atomic mass is 9.75. The van der Waals surface area contributed by atoms with Gasteiger partial charge in [-0.05, 0) is 56.9 Å². The molecule has 1 amide bonds. The van der Waals surface area contributed by atoms with E-state index in [1.165, 1.54) is 19.3 Å². The molecule has 2 aliphatic heterocycles. The highest BCUT2D eigenvalue weighted by atomic mass is 16.2. The molecule has 0 aromatic heterocycles. The Kier molecular flexibility index (Phi) is 6.09. The van der Waals surface area contributed by atoms with Crippen molar-refractivity contribution >= 4 is 5.91 Å². The lowest BCUT2D eigenvalue weighted by molar-refractivity contribution is -0.144. The first-order chi connectivity index (χ1) is 10.1. The summed E-state index contributed by atoms with van der Waals surface area (Å²) >= 11 is 0. The number of hydrogen-bond donors (Lipinski definition) is 1. The largest absolute Gasteiger partial charge is 0.342 e. The van der Waals surface area contributed by atoms with E-state index in [1.807, 2.05) is 0 Å². The van der Waals surface area contributed by atoms with Crippen molar-refractivity contribution in [3.8, 4) is 0 Å². The molecule has 0 spiro atoms. The second-order valence-electron chi connectivity index (χ2n) is 7.54. The van der Waals surface area contributed by atoms with Crippen LogP contribution in [0.4, 0.5) is 0 Å². The maximum Gasteiger partial charge on any atom is 0.230 e. The van der Waals surface area contributed by atoms with Crippen LogP contribution in [0.3, 0.4) is 0 Å². The number of amides is 1. The van der Waals surface area contributed by atoms with Gasteiger partial charge in [0.15, 0.2) is 0 Å². The summed E-state index contributed by atoms with van der Waals surface area (Å²) in [5, 5.41) is 3.48. The van der Waals surface area contributed by atoms with Gasteiger partial charge in [-0.2, -0.15) is 0 Å². The SMILES string of the molecule is CCCC1(C(=O)N2CCCC(C(C)C)CC2)CCCNC1. The molecule has 2 heterocycles. The van der Waals surface area contributed by atoms with Crippen molar-refractivity contribution < 1.29 is 4.79 Å². The van der Waals surface area contributed by atoms with Crippen molar-refractivity contribution in [3.05, 3.63) is 0 Å². The minimum absolute atomic E-state index is 0.106. The predicted molar refractivity (Wildman–Crippen MR) is 88.2 cm³/mol. The first-order valence-electron chi connectivity index (χ1n) is 9.09. The first-order valence-corrected chi connectivity index (χ1v) is 9.09. The molecule has 0 aliphatic carbocycles. The van der Waals surface area contributed by atoms with Gasteiger partial charge in [-0.3, -0.25) is 4.79 Å². The third-order valence-electron chi connectivity index (χ3n) is 5.66. The molecule has 3 nitrogen and oxygen atoms in total. The third kappa shape index (κ3) is 4.00. The summed E-state index contributed by atoms with van der Waals surface area (Å²) in [5.41, 5.74) is -0.106. The van der Waals surface area contributed by atoms with Crippen molar-refractivity contribution in [2.75, 3.05) is 26.2 Å². The van der Waals surface area contributed by atoms with Crippen LogP contribution in [0.2, 0.25) is 0 Å². The topological polar surface area (TPSA) is 32.3 Å². The first kappa shape index (κ1) is 16.8. The Morgan fingerprint density at radius 3 is 2.71 bits per heavy atom. The number of rotatable bonds is 4. The number of hydrogen-bond acceptors (Lipinski definition) is 2. The summed E-state index contributed by atoms with van der Waals surface area (Å²) in [4.78, 5) is 15.4. The number of carbonyl (C=O) groups is 1. The molecular weight excluding hydrogens is 260 g/mol. The second-order valence-corrected chi connectivity index (χ2v) is 7.54. The average Bonchev–Trinajstić information content (AvgIpc) is 2.73. The van der Waals surface area contributed by atoms with E-state index in [9.17, 15) is 4.79 Å². The van der Waals surface area contributed by atoms with Crippen molar-refractivity contribution in [1.29, 1.82) is 0 Å². The fourth-order valence-electron chi connectivity index (χ4n) is 4.28. The summed E-state index contributed by atoms with van der Waals surface area (Å²) < 4.78 is 0. The van der Waals surface area contributed by atoms with Crippen molar-refractivity contribution in [3.63, 3.8) is 0 Å². The molecular formula is C18H34N2O. The Hall–Kier alpha value is -0.570. The minimum Gasteiger partial charge on any atom is -0.342 e. The van der Waals surface area contributed by atoms with Crippen LogP contribution in [-0.4, -0.2) is 37.0 Å². The van der Waals surface area contributed by atoms with Crippen LogP contribution in [0, 0.1) is 17.3 Å². The average molecular weight is 294 g/mol. The van der Waals surface area contributed by atoms with E-state index < -0.39 is 0 Å². The summed E-state index contributed by atoms with van der Waals surface area (Å²) in [6.45, 7) is 10.8. The molecule has 0 saturated carbocycles. The highest BCUT2D eigenvalue weighted by molar-refractivity contribution is 5.83. The van der Waals surface area contributed by atoms with Gasteiger partial charge in [0.1, 0.15) is 0 Å². The van der Waals surface area contributed by atoms with Gasteiger partial charge < -0.3 is 10.2 Å². The molecule has 1 N–H and O–H groups in total. The quantitative estimate of drug-likeness (QED) is 0.861. The van der Waals surface area contributed by atoms with Crippen molar-refractivity contribution in [1.82, 2.24) is 10.2 Å². The van der Waals surface area contributed by atoms with Crippen LogP contribution in [0.25, 0.3) is 0 Å². The number of nitrogens with one attached hydrogen (secondary N) is 1. The van der Waals surface area contributed by atoms with E-state index in [1.54, 1.807) is 0 Å². The van der Waals surface area contributed by atoms with Crippen LogP contribution >= 0.6 is 0 Å². The summed E-state index contributed by atoms with van der Waals surface area (Å²) in [5.74, 6) is 2.00. The second kappa shape index (κ2) is 7.62. The van der Waals surface area contributed by atoms with Gasteiger partial charge in [0.05, 0.1) is 5.41 Å². The van der Waals surface area contributed by atoms with E-state index in [4.69, 9.17) is 0 Å². The number of carbonyl (C=O) groups excluding carboxylic acids is 1. The zero-order chi connectivity index (χ0) is 15.3. The van der Waals surface area contributed by atoms with Crippen LogP contribution in [0.1, 0.15) is 65.7 Å². The highest BCUT2D eigenvalue weighted by Crippen LogP contribution is 2.35. The Labute approximate surface area is 130 Å². The maximum absolute atomic E-state index is 13.2. The third-order valence-corrected chi connectivity index (χ3v) is 5.66. The predicted octanol–water partition coefficient (Wildman–Crippen LogP) is 3.44. The molecule has 2 saturated heterocycles. The Bertz CT molecular complexity index is 329. The van der Waals surface area contributed by atoms with E-state index in [2.05, 4.69) is 31.0 Å². The molecule has 0 aromatic rings. The van der Waals surface area contributed by atoms with Gasteiger partial charge >= 0.3 is 0 Å². The molecule has 0 aromatic carbocycles. The summed E-state index contributed by atoms with van der Waals surface area (Å²) in [6, 6.07) is 0. The van der Waals surface area contributed by atoms with Crippen LogP contribution in [-0.2, 0) is 4.79 Å². The molecule has 3 heteroatoms. The van der Waals surface area contributed by atoms with Gasteiger partial charge in [0.25, 0.3) is 0 Å². The molecule has 21 heavy (non-hydrogen) atoms. The van der Waals surface area contributed by atoms with Crippen molar-refractivity contribution in [2.45, 2.75) is 65.7 Å². The zero-order valence-corrected chi connectivity index (χ0v) is 14.3. The lowest BCUT2D eigenvalue weighted by Gasteiger charge is -2.40. The van der Waals surface area contributed by atoms with Crippen LogP contribution < -0.4 is 5.32 Å². The monoisotopic (exact) mass is 294 g/mol. The Morgan fingerprint density at radius 1 is 1.29 bits per heavy atom. The number of piperidine rings is 1. The van der Waals surface area contributed by atoms with E-state index >= 15 is 0 Å². The van der Waals surface area contributed by atoms with Crippen LogP contribution in [0.5, 0.6) is 0 Å². The molecule has 2 unspecified atom stereocenters. The molecule has 2 fully saturated rings.